The van der Waals surface area contributed by atoms with E-state index in [1.807, 2.05) is 0 Å². The maximum absolute atomic E-state index is 9.91. The van der Waals surface area contributed by atoms with Crippen molar-refractivity contribution < 1.29 is 24.4 Å². The Hall–Kier alpha value is -0.280. The molecule has 144 valence electrons. The lowest BCUT2D eigenvalue weighted by Gasteiger charge is -2.28. The summed E-state index contributed by atoms with van der Waals surface area (Å²) in [6.07, 6.45) is 2.00. The van der Waals surface area contributed by atoms with Gasteiger partial charge in [0.1, 0.15) is 6.10 Å². The van der Waals surface area contributed by atoms with E-state index in [-0.39, 0.29) is 11.5 Å². The van der Waals surface area contributed by atoms with Gasteiger partial charge in [0.05, 0.1) is 32.5 Å². The summed E-state index contributed by atoms with van der Waals surface area (Å²) >= 11 is 0. The monoisotopic (exact) mass is 348 g/mol. The second-order valence-electron chi connectivity index (χ2n) is 6.88. The lowest BCUT2D eigenvalue weighted by Crippen LogP contribution is -2.39. The van der Waals surface area contributed by atoms with Crippen LogP contribution in [0.3, 0.4) is 0 Å². The molecule has 4 unspecified atom stereocenters. The minimum Gasteiger partial charge on any atom is -0.389 e. The van der Waals surface area contributed by atoms with E-state index < -0.39 is 12.5 Å². The molecule has 0 amide bonds. The van der Waals surface area contributed by atoms with Gasteiger partial charge in [-0.25, -0.2) is 0 Å². The molecule has 4 N–H and O–H groups in total. The molecule has 1 rings (SSSR count). The van der Waals surface area contributed by atoms with Crippen LogP contribution in [-0.2, 0) is 14.2 Å². The molecule has 1 saturated heterocycles. The van der Waals surface area contributed by atoms with Gasteiger partial charge in [-0.1, -0.05) is 27.2 Å². The molecule has 1 heterocycles. The van der Waals surface area contributed by atoms with Gasteiger partial charge in [-0.05, 0) is 18.3 Å². The fourth-order valence-electron chi connectivity index (χ4n) is 2.43. The lowest BCUT2D eigenvalue weighted by molar-refractivity contribution is -0.122. The molecule has 0 aromatic carbocycles. The third kappa shape index (κ3) is 10.6. The van der Waals surface area contributed by atoms with Crippen molar-refractivity contribution in [3.63, 3.8) is 0 Å². The van der Waals surface area contributed by atoms with Crippen molar-refractivity contribution in [1.82, 2.24) is 10.6 Å². The summed E-state index contributed by atoms with van der Waals surface area (Å²) in [6.45, 7) is 10.4. The highest BCUT2D eigenvalue weighted by Crippen LogP contribution is 2.27. The van der Waals surface area contributed by atoms with Gasteiger partial charge in [-0.15, -0.1) is 0 Å². The van der Waals surface area contributed by atoms with E-state index in [0.717, 1.165) is 19.3 Å². The van der Waals surface area contributed by atoms with E-state index in [1.165, 1.54) is 0 Å². The molecule has 7 heteroatoms. The Morgan fingerprint density at radius 1 is 1.29 bits per heavy atom. The van der Waals surface area contributed by atoms with Crippen molar-refractivity contribution in [1.29, 1.82) is 0 Å². The highest BCUT2D eigenvalue weighted by atomic mass is 16.7. The fourth-order valence-corrected chi connectivity index (χ4v) is 2.43. The smallest absolute Gasteiger partial charge is 0.213 e. The van der Waals surface area contributed by atoms with Crippen molar-refractivity contribution in [3.05, 3.63) is 0 Å². The van der Waals surface area contributed by atoms with Crippen LogP contribution in [0, 0.1) is 5.41 Å². The SMILES string of the molecule is CCCC(C)(CC)COCC(O)CNCCNC(O)OCC1CO1. The zero-order chi connectivity index (χ0) is 17.8. The van der Waals surface area contributed by atoms with Gasteiger partial charge in [0.25, 0.3) is 0 Å². The van der Waals surface area contributed by atoms with Crippen molar-refractivity contribution >= 4 is 0 Å². The Labute approximate surface area is 146 Å². The molecule has 1 aliphatic heterocycles. The average Bonchev–Trinajstić information content (AvgIpc) is 3.37. The topological polar surface area (TPSA) is 95.5 Å². The van der Waals surface area contributed by atoms with Crippen LogP contribution >= 0.6 is 0 Å². The Balaban J connectivity index is 1.94. The molecule has 0 aromatic heterocycles. The van der Waals surface area contributed by atoms with E-state index in [0.29, 0.717) is 46.1 Å². The summed E-state index contributed by atoms with van der Waals surface area (Å²) in [4.78, 5) is 0. The first-order chi connectivity index (χ1) is 11.5. The highest BCUT2D eigenvalue weighted by Gasteiger charge is 2.23. The van der Waals surface area contributed by atoms with Gasteiger partial charge < -0.3 is 29.7 Å². The molecule has 0 bridgehead atoms. The van der Waals surface area contributed by atoms with E-state index in [4.69, 9.17) is 14.2 Å². The van der Waals surface area contributed by atoms with Crippen LogP contribution < -0.4 is 10.6 Å². The average molecular weight is 348 g/mol. The minimum atomic E-state index is -0.977. The molecule has 24 heavy (non-hydrogen) atoms. The normalized spacial score (nSPS) is 22.1. The van der Waals surface area contributed by atoms with Crippen LogP contribution in [0.4, 0.5) is 0 Å². The molecule has 0 saturated carbocycles. The molecule has 0 radical (unpaired) electrons. The molecule has 1 fully saturated rings. The van der Waals surface area contributed by atoms with Crippen molar-refractivity contribution in [2.45, 2.75) is 58.7 Å². The Kier molecular flexibility index (Phi) is 11.0. The highest BCUT2D eigenvalue weighted by molar-refractivity contribution is 4.72. The van der Waals surface area contributed by atoms with Crippen molar-refractivity contribution in [3.8, 4) is 0 Å². The number of hydrogen-bond donors (Lipinski definition) is 4. The molecule has 1 aliphatic rings. The Bertz CT molecular complexity index is 317. The second-order valence-corrected chi connectivity index (χ2v) is 6.88. The van der Waals surface area contributed by atoms with Gasteiger partial charge in [0.2, 0.25) is 6.41 Å². The van der Waals surface area contributed by atoms with Gasteiger partial charge in [0.15, 0.2) is 0 Å². The number of hydrogen-bond acceptors (Lipinski definition) is 7. The molecule has 4 atom stereocenters. The molecular formula is C17H36N2O5. The van der Waals surface area contributed by atoms with Crippen molar-refractivity contribution in [2.24, 2.45) is 5.41 Å². The maximum Gasteiger partial charge on any atom is 0.213 e. The third-order valence-corrected chi connectivity index (χ3v) is 4.31. The van der Waals surface area contributed by atoms with Crippen LogP contribution in [0.2, 0.25) is 0 Å². The van der Waals surface area contributed by atoms with Crippen LogP contribution in [0.15, 0.2) is 0 Å². The van der Waals surface area contributed by atoms with Crippen LogP contribution in [0.5, 0.6) is 0 Å². The number of epoxide rings is 1. The molecule has 0 spiro atoms. The summed E-state index contributed by atoms with van der Waals surface area (Å²) in [6, 6.07) is 0. The van der Waals surface area contributed by atoms with E-state index in [1.54, 1.807) is 0 Å². The largest absolute Gasteiger partial charge is 0.389 e. The second kappa shape index (κ2) is 12.1. The van der Waals surface area contributed by atoms with Crippen LogP contribution in [-0.4, -0.2) is 74.9 Å². The zero-order valence-electron chi connectivity index (χ0n) is 15.4. The fraction of sp³-hybridized carbons (Fsp3) is 1.00. The van der Waals surface area contributed by atoms with Gasteiger partial charge >= 0.3 is 0 Å². The summed E-state index contributed by atoms with van der Waals surface area (Å²) < 4.78 is 15.8. The van der Waals surface area contributed by atoms with Gasteiger partial charge in [0, 0.05) is 19.6 Å². The Morgan fingerprint density at radius 2 is 2.04 bits per heavy atom. The number of aliphatic hydroxyl groups excluding tert-OH is 2. The first kappa shape index (κ1) is 21.8. The number of ether oxygens (including phenoxy) is 3. The van der Waals surface area contributed by atoms with Gasteiger partial charge in [-0.2, -0.15) is 0 Å². The van der Waals surface area contributed by atoms with Gasteiger partial charge in [-0.3, -0.25) is 5.32 Å². The summed E-state index contributed by atoms with van der Waals surface area (Å²) in [5, 5.41) is 25.4. The van der Waals surface area contributed by atoms with Crippen LogP contribution in [0.1, 0.15) is 40.0 Å². The quantitative estimate of drug-likeness (QED) is 0.183. The number of rotatable bonds is 16. The molecule has 7 nitrogen and oxygen atoms in total. The number of nitrogens with one attached hydrogen (secondary N) is 2. The summed E-state index contributed by atoms with van der Waals surface area (Å²) in [5.74, 6) is 0. The van der Waals surface area contributed by atoms with E-state index >= 15 is 0 Å². The molecule has 0 aliphatic carbocycles. The predicted octanol–water partition coefficient (Wildman–Crippen LogP) is 0.451. The minimum absolute atomic E-state index is 0.140. The third-order valence-electron chi connectivity index (χ3n) is 4.31. The predicted molar refractivity (Wildman–Crippen MR) is 92.7 cm³/mol. The molecule has 0 aromatic rings. The molecular weight excluding hydrogens is 312 g/mol. The lowest BCUT2D eigenvalue weighted by atomic mass is 9.84. The van der Waals surface area contributed by atoms with E-state index in [9.17, 15) is 10.2 Å². The standard InChI is InChI=1S/C17H36N2O5/c1-4-6-17(3,5-2)13-22-10-14(20)9-18-7-8-19-16(21)24-12-15-11-23-15/h14-16,18-21H,4-13H2,1-3H3. The summed E-state index contributed by atoms with van der Waals surface area (Å²) in [7, 11) is 0. The number of aliphatic hydroxyl groups is 2. The van der Waals surface area contributed by atoms with Crippen LogP contribution in [0.25, 0.3) is 0 Å². The first-order valence-corrected chi connectivity index (χ1v) is 9.10. The van der Waals surface area contributed by atoms with E-state index in [2.05, 4.69) is 31.4 Å². The zero-order valence-corrected chi connectivity index (χ0v) is 15.4. The maximum atomic E-state index is 9.91. The summed E-state index contributed by atoms with van der Waals surface area (Å²) in [5.41, 5.74) is 0.202. The first-order valence-electron chi connectivity index (χ1n) is 9.10. The van der Waals surface area contributed by atoms with Crippen molar-refractivity contribution in [2.75, 3.05) is 46.1 Å². The Morgan fingerprint density at radius 3 is 2.67 bits per heavy atom.